The Labute approximate surface area is 113 Å². The Morgan fingerprint density at radius 3 is 2.89 bits per heavy atom. The number of nitrogens with one attached hydrogen (secondary N) is 1. The average Bonchev–Trinajstić information content (AvgIpc) is 2.35. The van der Waals surface area contributed by atoms with Crippen molar-refractivity contribution in [2.45, 2.75) is 32.9 Å². The topological polar surface area (TPSA) is 32.3 Å². The highest BCUT2D eigenvalue weighted by atomic mass is 35.5. The molecule has 1 saturated heterocycles. The number of carbonyl (C=O) groups is 1. The summed E-state index contributed by atoms with van der Waals surface area (Å²) in [6.07, 6.45) is 0. The third-order valence-corrected chi connectivity index (χ3v) is 3.93. The molecular formula is C14H19ClN2O. The molecule has 1 fully saturated rings. The monoisotopic (exact) mass is 266 g/mol. The van der Waals surface area contributed by atoms with Gasteiger partial charge in [-0.15, -0.1) is 0 Å². The van der Waals surface area contributed by atoms with E-state index < -0.39 is 0 Å². The predicted molar refractivity (Wildman–Crippen MR) is 74.2 cm³/mol. The molecule has 1 amide bonds. The predicted octanol–water partition coefficient (Wildman–Crippen LogP) is 2.47. The van der Waals surface area contributed by atoms with Crippen LogP contribution in [0.4, 0.5) is 0 Å². The lowest BCUT2D eigenvalue weighted by Gasteiger charge is -2.37. The minimum absolute atomic E-state index is 0.0795. The van der Waals surface area contributed by atoms with Crippen LogP contribution in [0.15, 0.2) is 18.2 Å². The summed E-state index contributed by atoms with van der Waals surface area (Å²) < 4.78 is 0. The van der Waals surface area contributed by atoms with E-state index in [0.717, 1.165) is 18.7 Å². The quantitative estimate of drug-likeness (QED) is 0.847. The van der Waals surface area contributed by atoms with Gasteiger partial charge in [0.15, 0.2) is 0 Å². The molecule has 0 aromatic heterocycles. The first-order valence-electron chi connectivity index (χ1n) is 6.30. The van der Waals surface area contributed by atoms with Gasteiger partial charge in [-0.2, -0.15) is 0 Å². The molecule has 2 atom stereocenters. The second-order valence-electron chi connectivity index (χ2n) is 5.03. The van der Waals surface area contributed by atoms with Crippen LogP contribution in [0, 0.1) is 6.92 Å². The second kappa shape index (κ2) is 5.29. The van der Waals surface area contributed by atoms with Crippen LogP contribution in [-0.2, 0) is 0 Å². The Morgan fingerprint density at radius 2 is 2.17 bits per heavy atom. The van der Waals surface area contributed by atoms with Crippen molar-refractivity contribution in [1.82, 2.24) is 10.2 Å². The van der Waals surface area contributed by atoms with E-state index in [2.05, 4.69) is 19.2 Å². The molecule has 1 aliphatic rings. The Morgan fingerprint density at radius 1 is 1.44 bits per heavy atom. The molecule has 1 aliphatic heterocycles. The van der Waals surface area contributed by atoms with E-state index >= 15 is 0 Å². The van der Waals surface area contributed by atoms with Gasteiger partial charge in [0, 0.05) is 35.8 Å². The zero-order valence-corrected chi connectivity index (χ0v) is 11.8. The molecule has 0 bridgehead atoms. The lowest BCUT2D eigenvalue weighted by atomic mass is 10.0. The first kappa shape index (κ1) is 13.4. The van der Waals surface area contributed by atoms with Crippen molar-refractivity contribution in [2.75, 3.05) is 13.1 Å². The van der Waals surface area contributed by atoms with Crippen LogP contribution in [0.3, 0.4) is 0 Å². The van der Waals surface area contributed by atoms with Gasteiger partial charge in [0.1, 0.15) is 0 Å². The molecule has 1 heterocycles. The lowest BCUT2D eigenvalue weighted by Crippen LogP contribution is -2.56. The highest BCUT2D eigenvalue weighted by Gasteiger charge is 2.28. The maximum atomic E-state index is 12.6. The fraction of sp³-hybridized carbons (Fsp3) is 0.500. The van der Waals surface area contributed by atoms with Gasteiger partial charge in [0.25, 0.3) is 5.91 Å². The Hall–Kier alpha value is -1.06. The fourth-order valence-electron chi connectivity index (χ4n) is 2.30. The summed E-state index contributed by atoms with van der Waals surface area (Å²) in [7, 11) is 0. The van der Waals surface area contributed by atoms with Gasteiger partial charge in [-0.3, -0.25) is 4.79 Å². The van der Waals surface area contributed by atoms with Crippen molar-refractivity contribution < 1.29 is 4.79 Å². The minimum atomic E-state index is 0.0795. The summed E-state index contributed by atoms with van der Waals surface area (Å²) in [4.78, 5) is 14.5. The van der Waals surface area contributed by atoms with Gasteiger partial charge in [-0.1, -0.05) is 17.7 Å². The van der Waals surface area contributed by atoms with E-state index in [1.54, 1.807) is 0 Å². The van der Waals surface area contributed by atoms with Gasteiger partial charge >= 0.3 is 0 Å². The van der Waals surface area contributed by atoms with E-state index in [1.807, 2.05) is 30.0 Å². The summed E-state index contributed by atoms with van der Waals surface area (Å²) in [6, 6.07) is 6.05. The number of hydrogen-bond acceptors (Lipinski definition) is 2. The smallest absolute Gasteiger partial charge is 0.254 e. The molecule has 0 spiro atoms. The number of piperazine rings is 1. The average molecular weight is 267 g/mol. The van der Waals surface area contributed by atoms with Gasteiger partial charge in [0.05, 0.1) is 0 Å². The van der Waals surface area contributed by atoms with E-state index in [1.165, 1.54) is 0 Å². The van der Waals surface area contributed by atoms with Crippen LogP contribution in [0.25, 0.3) is 0 Å². The van der Waals surface area contributed by atoms with Gasteiger partial charge in [-0.25, -0.2) is 0 Å². The molecule has 1 aromatic carbocycles. The van der Waals surface area contributed by atoms with Gasteiger partial charge < -0.3 is 10.2 Å². The molecule has 98 valence electrons. The van der Waals surface area contributed by atoms with Crippen molar-refractivity contribution in [3.05, 3.63) is 34.3 Å². The first-order chi connectivity index (χ1) is 8.50. The molecule has 0 aliphatic carbocycles. The number of carbonyl (C=O) groups excluding carboxylic acids is 1. The fourth-order valence-corrected chi connectivity index (χ4v) is 2.47. The van der Waals surface area contributed by atoms with Crippen LogP contribution < -0.4 is 5.32 Å². The molecule has 0 saturated carbocycles. The zero-order chi connectivity index (χ0) is 13.3. The number of amides is 1. The molecule has 1 aromatic rings. The lowest BCUT2D eigenvalue weighted by molar-refractivity contribution is 0.0615. The molecule has 3 nitrogen and oxygen atoms in total. The third-order valence-electron chi connectivity index (χ3n) is 3.52. The highest BCUT2D eigenvalue weighted by molar-refractivity contribution is 6.31. The normalized spacial score (nSPS) is 24.1. The molecular weight excluding hydrogens is 248 g/mol. The Kier molecular flexibility index (Phi) is 3.93. The second-order valence-corrected chi connectivity index (χ2v) is 5.44. The minimum Gasteiger partial charge on any atom is -0.333 e. The molecule has 0 radical (unpaired) electrons. The van der Waals surface area contributed by atoms with Gasteiger partial charge in [-0.05, 0) is 38.5 Å². The first-order valence-corrected chi connectivity index (χ1v) is 6.68. The highest BCUT2D eigenvalue weighted by Crippen LogP contribution is 2.21. The maximum Gasteiger partial charge on any atom is 0.254 e. The number of hydrogen-bond donors (Lipinski definition) is 1. The zero-order valence-electron chi connectivity index (χ0n) is 11.0. The van der Waals surface area contributed by atoms with Crippen LogP contribution >= 0.6 is 11.6 Å². The van der Waals surface area contributed by atoms with Crippen LogP contribution in [-0.4, -0.2) is 36.0 Å². The van der Waals surface area contributed by atoms with Crippen LogP contribution in [0.5, 0.6) is 0 Å². The SMILES string of the molecule is Cc1c(Cl)cccc1C(=O)N1CC(C)NCC1C. The van der Waals surface area contributed by atoms with E-state index in [4.69, 9.17) is 11.6 Å². The summed E-state index contributed by atoms with van der Waals surface area (Å²) in [5, 5.41) is 4.02. The summed E-state index contributed by atoms with van der Waals surface area (Å²) in [6.45, 7) is 7.64. The van der Waals surface area contributed by atoms with Gasteiger partial charge in [0.2, 0.25) is 0 Å². The Bertz CT molecular complexity index is 461. The number of halogens is 1. The van der Waals surface area contributed by atoms with Crippen molar-refractivity contribution in [3.8, 4) is 0 Å². The molecule has 18 heavy (non-hydrogen) atoms. The van der Waals surface area contributed by atoms with E-state index in [9.17, 15) is 4.79 Å². The van der Waals surface area contributed by atoms with Crippen molar-refractivity contribution in [2.24, 2.45) is 0 Å². The van der Waals surface area contributed by atoms with Crippen molar-refractivity contribution in [3.63, 3.8) is 0 Å². The van der Waals surface area contributed by atoms with E-state index in [0.29, 0.717) is 16.6 Å². The molecule has 2 unspecified atom stereocenters. The largest absolute Gasteiger partial charge is 0.333 e. The number of nitrogens with zero attached hydrogens (tertiary/aromatic N) is 1. The van der Waals surface area contributed by atoms with Crippen molar-refractivity contribution in [1.29, 1.82) is 0 Å². The summed E-state index contributed by atoms with van der Waals surface area (Å²) in [5.41, 5.74) is 1.58. The standard InChI is InChI=1S/C14H19ClN2O/c1-9-8-17(10(2)7-16-9)14(18)12-5-4-6-13(15)11(12)3/h4-6,9-10,16H,7-8H2,1-3H3. The summed E-state index contributed by atoms with van der Waals surface area (Å²) >= 11 is 6.08. The van der Waals surface area contributed by atoms with Crippen molar-refractivity contribution >= 4 is 17.5 Å². The number of benzene rings is 1. The van der Waals surface area contributed by atoms with E-state index in [-0.39, 0.29) is 11.9 Å². The maximum absolute atomic E-state index is 12.6. The van der Waals surface area contributed by atoms with Crippen LogP contribution in [0.1, 0.15) is 29.8 Å². The van der Waals surface area contributed by atoms with Crippen LogP contribution in [0.2, 0.25) is 5.02 Å². The molecule has 1 N–H and O–H groups in total. The molecule has 4 heteroatoms. The third kappa shape index (κ3) is 2.52. The number of rotatable bonds is 1. The summed E-state index contributed by atoms with van der Waals surface area (Å²) in [5.74, 6) is 0.0795. The Balaban J connectivity index is 2.27. The molecule has 2 rings (SSSR count).